The van der Waals surface area contributed by atoms with Crippen molar-refractivity contribution in [1.29, 1.82) is 0 Å². The first-order valence-electron chi connectivity index (χ1n) is 5.80. The molecular weight excluding hydrogens is 266 g/mol. The highest BCUT2D eigenvalue weighted by molar-refractivity contribution is 6.33. The van der Waals surface area contributed by atoms with Crippen LogP contribution in [0.25, 0.3) is 5.69 Å². The van der Waals surface area contributed by atoms with Crippen molar-refractivity contribution in [3.63, 3.8) is 0 Å². The fourth-order valence-electron chi connectivity index (χ4n) is 1.62. The van der Waals surface area contributed by atoms with Crippen LogP contribution in [0.5, 0.6) is 0 Å². The molecule has 0 radical (unpaired) electrons. The number of hydrogen-bond donors (Lipinski definition) is 1. The zero-order valence-corrected chi connectivity index (χ0v) is 11.2. The predicted octanol–water partition coefficient (Wildman–Crippen LogP) is 1.94. The maximum Gasteiger partial charge on any atom is 0.296 e. The van der Waals surface area contributed by atoms with Gasteiger partial charge in [-0.05, 0) is 12.1 Å². The van der Waals surface area contributed by atoms with Crippen LogP contribution in [0.15, 0.2) is 41.3 Å². The van der Waals surface area contributed by atoms with Crippen molar-refractivity contribution >= 4 is 17.3 Å². The Labute approximate surface area is 115 Å². The van der Waals surface area contributed by atoms with Crippen LogP contribution in [0, 0.1) is 0 Å². The second-order valence-corrected chi connectivity index (χ2v) is 4.25. The van der Waals surface area contributed by atoms with Crippen LogP contribution in [0.1, 0.15) is 0 Å². The summed E-state index contributed by atoms with van der Waals surface area (Å²) in [5.74, 6) is 0. The molecule has 5 nitrogen and oxygen atoms in total. The van der Waals surface area contributed by atoms with E-state index in [0.29, 0.717) is 29.5 Å². The monoisotopic (exact) mass is 279 g/mol. The van der Waals surface area contributed by atoms with Crippen molar-refractivity contribution in [2.75, 3.05) is 25.6 Å². The van der Waals surface area contributed by atoms with Crippen molar-refractivity contribution in [1.82, 2.24) is 9.78 Å². The van der Waals surface area contributed by atoms with Gasteiger partial charge in [0.1, 0.15) is 5.69 Å². The van der Waals surface area contributed by atoms with E-state index < -0.39 is 0 Å². The first kappa shape index (κ1) is 13.6. The highest BCUT2D eigenvalue weighted by atomic mass is 35.5. The zero-order valence-electron chi connectivity index (χ0n) is 10.5. The van der Waals surface area contributed by atoms with E-state index in [1.807, 2.05) is 18.2 Å². The van der Waals surface area contributed by atoms with Crippen LogP contribution in [-0.2, 0) is 4.74 Å². The minimum absolute atomic E-state index is 0.283. The summed E-state index contributed by atoms with van der Waals surface area (Å²) >= 11 is 5.99. The molecule has 0 unspecified atom stereocenters. The van der Waals surface area contributed by atoms with Crippen LogP contribution < -0.4 is 10.9 Å². The molecule has 1 heterocycles. The highest BCUT2D eigenvalue weighted by Gasteiger charge is 2.10. The molecule has 6 heteroatoms. The van der Waals surface area contributed by atoms with E-state index in [-0.39, 0.29) is 5.56 Å². The van der Waals surface area contributed by atoms with Gasteiger partial charge in [0.25, 0.3) is 5.56 Å². The van der Waals surface area contributed by atoms with Gasteiger partial charge in [-0.15, -0.1) is 0 Å². The molecular formula is C13H14ClN3O2. The van der Waals surface area contributed by atoms with Gasteiger partial charge in [0.05, 0.1) is 23.5 Å². The van der Waals surface area contributed by atoms with Crippen molar-refractivity contribution < 1.29 is 4.74 Å². The summed E-state index contributed by atoms with van der Waals surface area (Å²) in [6.07, 6.45) is 1.45. The molecule has 0 saturated heterocycles. The standard InChI is InChI=1S/C13H14ClN3O2/c1-19-8-7-15-12-11(14)9-16-17(13(12)18)10-5-3-2-4-6-10/h2-6,9,15H,7-8H2,1H3. The lowest BCUT2D eigenvalue weighted by molar-refractivity contribution is 0.210. The third kappa shape index (κ3) is 3.13. The number of para-hydroxylation sites is 1. The van der Waals surface area contributed by atoms with Crippen molar-refractivity contribution in [3.05, 3.63) is 51.9 Å². The molecule has 0 fully saturated rings. The van der Waals surface area contributed by atoms with Gasteiger partial charge in [-0.1, -0.05) is 29.8 Å². The Kier molecular flexibility index (Phi) is 4.54. The van der Waals surface area contributed by atoms with Crippen LogP contribution >= 0.6 is 11.6 Å². The molecule has 0 bridgehead atoms. The van der Waals surface area contributed by atoms with Crippen molar-refractivity contribution in [3.8, 4) is 5.69 Å². The van der Waals surface area contributed by atoms with Gasteiger partial charge in [-0.3, -0.25) is 4.79 Å². The smallest absolute Gasteiger partial charge is 0.296 e. The maximum atomic E-state index is 12.3. The second-order valence-electron chi connectivity index (χ2n) is 3.84. The normalized spacial score (nSPS) is 10.4. The third-order valence-electron chi connectivity index (χ3n) is 2.54. The number of aromatic nitrogens is 2. The summed E-state index contributed by atoms with van der Waals surface area (Å²) < 4.78 is 6.23. The Hall–Kier alpha value is -1.85. The number of rotatable bonds is 5. The van der Waals surface area contributed by atoms with Crippen molar-refractivity contribution in [2.24, 2.45) is 0 Å². The van der Waals surface area contributed by atoms with E-state index in [1.165, 1.54) is 10.9 Å². The van der Waals surface area contributed by atoms with E-state index >= 15 is 0 Å². The van der Waals surface area contributed by atoms with Gasteiger partial charge >= 0.3 is 0 Å². The molecule has 2 rings (SSSR count). The average molecular weight is 280 g/mol. The Morgan fingerprint density at radius 1 is 1.37 bits per heavy atom. The minimum atomic E-state index is -0.283. The largest absolute Gasteiger partial charge is 0.383 e. The summed E-state index contributed by atoms with van der Waals surface area (Å²) in [5, 5.41) is 7.30. The van der Waals surface area contributed by atoms with E-state index in [0.717, 1.165) is 0 Å². The molecule has 1 aromatic heterocycles. The van der Waals surface area contributed by atoms with E-state index in [2.05, 4.69) is 10.4 Å². The van der Waals surface area contributed by atoms with E-state index in [9.17, 15) is 4.79 Å². The predicted molar refractivity (Wildman–Crippen MR) is 75.2 cm³/mol. The summed E-state index contributed by atoms with van der Waals surface area (Å²) in [5.41, 5.74) is 0.742. The van der Waals surface area contributed by atoms with Gasteiger partial charge in [0, 0.05) is 13.7 Å². The number of benzene rings is 1. The first-order chi connectivity index (χ1) is 9.24. The highest BCUT2D eigenvalue weighted by Crippen LogP contribution is 2.16. The molecule has 1 aromatic carbocycles. The summed E-state index contributed by atoms with van der Waals surface area (Å²) in [7, 11) is 1.60. The molecule has 0 aliphatic rings. The molecule has 0 aliphatic carbocycles. The van der Waals surface area contributed by atoms with Crippen molar-refractivity contribution in [2.45, 2.75) is 0 Å². The molecule has 100 valence electrons. The number of nitrogens with zero attached hydrogens (tertiary/aromatic N) is 2. The fraction of sp³-hybridized carbons (Fsp3) is 0.231. The Morgan fingerprint density at radius 3 is 2.79 bits per heavy atom. The van der Waals surface area contributed by atoms with Gasteiger partial charge < -0.3 is 10.1 Å². The summed E-state index contributed by atoms with van der Waals surface area (Å²) in [6.45, 7) is 0.994. The molecule has 0 spiro atoms. The van der Waals surface area contributed by atoms with Crippen LogP contribution in [0.4, 0.5) is 5.69 Å². The Morgan fingerprint density at radius 2 is 2.11 bits per heavy atom. The van der Waals surface area contributed by atoms with Gasteiger partial charge in [-0.2, -0.15) is 9.78 Å². The molecule has 0 amide bonds. The molecule has 0 aliphatic heterocycles. The molecule has 1 N–H and O–H groups in total. The number of methoxy groups -OCH3 is 1. The number of hydrogen-bond acceptors (Lipinski definition) is 4. The van der Waals surface area contributed by atoms with Crippen LogP contribution in [0.3, 0.4) is 0 Å². The van der Waals surface area contributed by atoms with E-state index in [1.54, 1.807) is 19.2 Å². The maximum absolute atomic E-state index is 12.3. The lowest BCUT2D eigenvalue weighted by Crippen LogP contribution is -2.25. The molecule has 2 aromatic rings. The van der Waals surface area contributed by atoms with Gasteiger partial charge in [0.2, 0.25) is 0 Å². The van der Waals surface area contributed by atoms with Gasteiger partial charge in [0.15, 0.2) is 0 Å². The van der Waals surface area contributed by atoms with Gasteiger partial charge in [-0.25, -0.2) is 0 Å². The van der Waals surface area contributed by atoms with Crippen LogP contribution in [-0.4, -0.2) is 30.0 Å². The number of ether oxygens (including phenoxy) is 1. The topological polar surface area (TPSA) is 56.1 Å². The molecule has 0 atom stereocenters. The lowest BCUT2D eigenvalue weighted by Gasteiger charge is -2.10. The Balaban J connectivity index is 2.37. The summed E-state index contributed by atoms with van der Waals surface area (Å²) in [4.78, 5) is 12.3. The number of halogens is 1. The lowest BCUT2D eigenvalue weighted by atomic mass is 10.3. The first-order valence-corrected chi connectivity index (χ1v) is 6.18. The third-order valence-corrected chi connectivity index (χ3v) is 2.83. The second kappa shape index (κ2) is 6.36. The average Bonchev–Trinajstić information content (AvgIpc) is 2.43. The number of anilines is 1. The minimum Gasteiger partial charge on any atom is -0.383 e. The van der Waals surface area contributed by atoms with Crippen LogP contribution in [0.2, 0.25) is 5.02 Å². The molecule has 0 saturated carbocycles. The zero-order chi connectivity index (χ0) is 13.7. The molecule has 19 heavy (non-hydrogen) atoms. The SMILES string of the molecule is COCCNc1c(Cl)cnn(-c2ccccc2)c1=O. The Bertz CT molecular complexity index is 599. The summed E-state index contributed by atoms with van der Waals surface area (Å²) in [6, 6.07) is 9.18. The number of nitrogens with one attached hydrogen (secondary N) is 1. The fourth-order valence-corrected chi connectivity index (χ4v) is 1.82. The quantitative estimate of drug-likeness (QED) is 0.850. The van der Waals surface area contributed by atoms with E-state index in [4.69, 9.17) is 16.3 Å².